The van der Waals surface area contributed by atoms with Crippen molar-refractivity contribution in [2.45, 2.75) is 31.5 Å². The summed E-state index contributed by atoms with van der Waals surface area (Å²) in [5.74, 6) is 0.948. The summed E-state index contributed by atoms with van der Waals surface area (Å²) in [6.45, 7) is 5.25. The van der Waals surface area contributed by atoms with Gasteiger partial charge in [0, 0.05) is 36.4 Å². The van der Waals surface area contributed by atoms with E-state index in [2.05, 4.69) is 51.1 Å². The lowest BCUT2D eigenvalue weighted by atomic mass is 10.3. The summed E-state index contributed by atoms with van der Waals surface area (Å²) in [4.78, 5) is 7.14. The summed E-state index contributed by atoms with van der Waals surface area (Å²) in [6.07, 6.45) is 2.04. The standard InChI is InChI=1S/C9H16BrN3S/c1-4-8-11-9(14-12-8)13(3)6-5-7(2)10/h7H,4-6H2,1-3H3. The molecule has 0 spiro atoms. The van der Waals surface area contributed by atoms with E-state index in [9.17, 15) is 0 Å². The van der Waals surface area contributed by atoms with E-state index in [-0.39, 0.29) is 0 Å². The Morgan fingerprint density at radius 3 is 2.79 bits per heavy atom. The van der Waals surface area contributed by atoms with E-state index in [1.165, 1.54) is 11.5 Å². The SMILES string of the molecule is CCc1nsc(N(C)CCC(C)Br)n1. The number of hydrogen-bond donors (Lipinski definition) is 0. The molecule has 1 atom stereocenters. The van der Waals surface area contributed by atoms with Crippen LogP contribution in [0.25, 0.3) is 0 Å². The molecule has 1 rings (SSSR count). The highest BCUT2D eigenvalue weighted by atomic mass is 79.9. The number of rotatable bonds is 5. The van der Waals surface area contributed by atoms with Gasteiger partial charge in [-0.1, -0.05) is 29.8 Å². The molecule has 0 saturated heterocycles. The van der Waals surface area contributed by atoms with Crippen molar-refractivity contribution in [3.63, 3.8) is 0 Å². The van der Waals surface area contributed by atoms with Crippen molar-refractivity contribution in [3.05, 3.63) is 5.82 Å². The van der Waals surface area contributed by atoms with Crippen molar-refractivity contribution in [2.75, 3.05) is 18.5 Å². The van der Waals surface area contributed by atoms with Crippen LogP contribution in [-0.2, 0) is 6.42 Å². The van der Waals surface area contributed by atoms with Crippen LogP contribution in [-0.4, -0.2) is 27.8 Å². The number of nitrogens with zero attached hydrogens (tertiary/aromatic N) is 3. The fourth-order valence-electron chi connectivity index (χ4n) is 1.01. The van der Waals surface area contributed by atoms with Crippen molar-refractivity contribution in [1.29, 1.82) is 0 Å². The first-order valence-electron chi connectivity index (χ1n) is 4.81. The van der Waals surface area contributed by atoms with Crippen LogP contribution in [0.2, 0.25) is 0 Å². The maximum atomic E-state index is 4.42. The molecule has 5 heteroatoms. The molecule has 1 unspecified atom stereocenters. The van der Waals surface area contributed by atoms with Gasteiger partial charge in [0.15, 0.2) is 0 Å². The van der Waals surface area contributed by atoms with Crippen molar-refractivity contribution in [3.8, 4) is 0 Å². The first-order chi connectivity index (χ1) is 6.63. The Labute approximate surface area is 97.8 Å². The average Bonchev–Trinajstić information content (AvgIpc) is 2.62. The molecule has 0 fully saturated rings. The molecule has 0 bridgehead atoms. The van der Waals surface area contributed by atoms with E-state index in [1.54, 1.807) is 0 Å². The Morgan fingerprint density at radius 2 is 2.29 bits per heavy atom. The Morgan fingerprint density at radius 1 is 1.57 bits per heavy atom. The Hall–Kier alpha value is -0.160. The maximum Gasteiger partial charge on any atom is 0.204 e. The van der Waals surface area contributed by atoms with Gasteiger partial charge in [0.1, 0.15) is 5.82 Å². The number of halogens is 1. The van der Waals surface area contributed by atoms with Gasteiger partial charge in [0.05, 0.1) is 0 Å². The molecule has 1 aromatic heterocycles. The summed E-state index contributed by atoms with van der Waals surface area (Å²) in [5, 5.41) is 1.02. The minimum Gasteiger partial charge on any atom is -0.350 e. The second-order valence-corrected chi connectivity index (χ2v) is 5.63. The normalized spacial score (nSPS) is 12.9. The van der Waals surface area contributed by atoms with Crippen molar-refractivity contribution < 1.29 is 0 Å². The number of alkyl halides is 1. The number of aromatic nitrogens is 2. The minimum absolute atomic E-state index is 0.559. The minimum atomic E-state index is 0.559. The molecular formula is C9H16BrN3S. The van der Waals surface area contributed by atoms with Crippen LogP contribution >= 0.6 is 27.5 Å². The lowest BCUT2D eigenvalue weighted by Crippen LogP contribution is -2.20. The largest absolute Gasteiger partial charge is 0.350 e. The molecule has 3 nitrogen and oxygen atoms in total. The van der Waals surface area contributed by atoms with Crippen LogP contribution in [0.4, 0.5) is 5.13 Å². The first kappa shape index (κ1) is 11.9. The van der Waals surface area contributed by atoms with Crippen molar-refractivity contribution >= 4 is 32.6 Å². The van der Waals surface area contributed by atoms with Gasteiger partial charge in [-0.2, -0.15) is 4.37 Å². The third kappa shape index (κ3) is 3.53. The zero-order chi connectivity index (χ0) is 10.6. The van der Waals surface area contributed by atoms with Gasteiger partial charge in [-0.15, -0.1) is 0 Å². The predicted molar refractivity (Wildman–Crippen MR) is 65.6 cm³/mol. The zero-order valence-electron chi connectivity index (χ0n) is 8.83. The molecule has 1 heterocycles. The second-order valence-electron chi connectivity index (χ2n) is 3.34. The Kier molecular flexibility index (Phi) is 4.81. The van der Waals surface area contributed by atoms with Crippen LogP contribution in [0.1, 0.15) is 26.1 Å². The van der Waals surface area contributed by atoms with Gasteiger partial charge >= 0.3 is 0 Å². The molecule has 80 valence electrons. The molecule has 0 aliphatic heterocycles. The first-order valence-corrected chi connectivity index (χ1v) is 6.50. The van der Waals surface area contributed by atoms with E-state index in [1.807, 2.05) is 0 Å². The van der Waals surface area contributed by atoms with E-state index in [0.29, 0.717) is 4.83 Å². The van der Waals surface area contributed by atoms with Gasteiger partial charge in [-0.25, -0.2) is 4.98 Å². The maximum absolute atomic E-state index is 4.42. The Bertz CT molecular complexity index is 275. The molecule has 0 radical (unpaired) electrons. The van der Waals surface area contributed by atoms with Crippen molar-refractivity contribution in [2.24, 2.45) is 0 Å². The highest BCUT2D eigenvalue weighted by Crippen LogP contribution is 2.17. The topological polar surface area (TPSA) is 29.0 Å². The van der Waals surface area contributed by atoms with E-state index in [4.69, 9.17) is 0 Å². The summed E-state index contributed by atoms with van der Waals surface area (Å²) >= 11 is 5.02. The second kappa shape index (κ2) is 5.66. The molecule has 0 aliphatic carbocycles. The predicted octanol–water partition coefficient (Wildman–Crippen LogP) is 2.71. The smallest absolute Gasteiger partial charge is 0.204 e. The highest BCUT2D eigenvalue weighted by molar-refractivity contribution is 9.09. The summed E-state index contributed by atoms with van der Waals surface area (Å²) < 4.78 is 4.26. The van der Waals surface area contributed by atoms with Gasteiger partial charge < -0.3 is 4.90 Å². The van der Waals surface area contributed by atoms with Gasteiger partial charge in [0.2, 0.25) is 5.13 Å². The van der Waals surface area contributed by atoms with Gasteiger partial charge in [0.25, 0.3) is 0 Å². The lowest BCUT2D eigenvalue weighted by molar-refractivity contribution is 0.782. The van der Waals surface area contributed by atoms with Crippen LogP contribution in [0, 0.1) is 0 Å². The van der Waals surface area contributed by atoms with E-state index < -0.39 is 0 Å². The van der Waals surface area contributed by atoms with E-state index >= 15 is 0 Å². The van der Waals surface area contributed by atoms with Crippen LogP contribution in [0.15, 0.2) is 0 Å². The molecule has 14 heavy (non-hydrogen) atoms. The summed E-state index contributed by atoms with van der Waals surface area (Å²) in [7, 11) is 2.06. The zero-order valence-corrected chi connectivity index (χ0v) is 11.2. The number of hydrogen-bond acceptors (Lipinski definition) is 4. The molecule has 0 saturated carbocycles. The summed E-state index contributed by atoms with van der Waals surface area (Å²) in [5.41, 5.74) is 0. The third-order valence-electron chi connectivity index (χ3n) is 1.96. The van der Waals surface area contributed by atoms with Crippen LogP contribution in [0.3, 0.4) is 0 Å². The van der Waals surface area contributed by atoms with Crippen LogP contribution < -0.4 is 4.90 Å². The van der Waals surface area contributed by atoms with E-state index in [0.717, 1.165) is 30.3 Å². The summed E-state index contributed by atoms with van der Waals surface area (Å²) in [6, 6.07) is 0. The quantitative estimate of drug-likeness (QED) is 0.775. The molecule has 0 aromatic carbocycles. The Balaban J connectivity index is 2.47. The average molecular weight is 278 g/mol. The number of anilines is 1. The number of aryl methyl sites for hydroxylation is 1. The molecule has 0 N–H and O–H groups in total. The molecule has 1 aromatic rings. The highest BCUT2D eigenvalue weighted by Gasteiger charge is 2.08. The third-order valence-corrected chi connectivity index (χ3v) is 3.29. The van der Waals surface area contributed by atoms with Gasteiger partial charge in [-0.05, 0) is 6.42 Å². The van der Waals surface area contributed by atoms with Gasteiger partial charge in [-0.3, -0.25) is 0 Å². The van der Waals surface area contributed by atoms with Crippen molar-refractivity contribution in [1.82, 2.24) is 9.36 Å². The lowest BCUT2D eigenvalue weighted by Gasteiger charge is -2.15. The van der Waals surface area contributed by atoms with Crippen LogP contribution in [0.5, 0.6) is 0 Å². The fourth-order valence-corrected chi connectivity index (χ4v) is 1.95. The monoisotopic (exact) mass is 277 g/mol. The molecule has 0 amide bonds. The molecular weight excluding hydrogens is 262 g/mol. The fraction of sp³-hybridized carbons (Fsp3) is 0.778. The molecule has 0 aliphatic rings.